The van der Waals surface area contributed by atoms with Crippen molar-refractivity contribution < 1.29 is 29.7 Å². The fourth-order valence-corrected chi connectivity index (χ4v) is 6.40. The van der Waals surface area contributed by atoms with Crippen LogP contribution in [0.1, 0.15) is 143 Å². The van der Waals surface area contributed by atoms with E-state index in [1.165, 1.54) is 0 Å². The molecule has 162 valence electrons. The van der Waals surface area contributed by atoms with Gasteiger partial charge in [-0.25, -0.2) is 14.4 Å². The van der Waals surface area contributed by atoms with Gasteiger partial charge in [-0.3, -0.25) is 0 Å². The predicted molar refractivity (Wildman–Crippen MR) is 111 cm³/mol. The monoisotopic (exact) mass is 414 g/mol. The lowest BCUT2D eigenvalue weighted by molar-refractivity contribution is 0.0630. The van der Waals surface area contributed by atoms with Crippen LogP contribution in [0.3, 0.4) is 0 Å². The Bertz CT molecular complexity index is 813. The molecule has 0 aliphatic heterocycles. The van der Waals surface area contributed by atoms with Gasteiger partial charge >= 0.3 is 17.9 Å². The highest BCUT2D eigenvalue weighted by molar-refractivity contribution is 6.11. The minimum atomic E-state index is -1.44. The Kier molecular flexibility index (Phi) is 5.85. The number of rotatable bonds is 6. The Morgan fingerprint density at radius 2 is 0.733 bits per heavy atom. The molecule has 30 heavy (non-hydrogen) atoms. The van der Waals surface area contributed by atoms with Gasteiger partial charge in [0.15, 0.2) is 0 Å². The fraction of sp³-hybridized carbons (Fsp3) is 0.625. The van der Waals surface area contributed by atoms with Crippen LogP contribution >= 0.6 is 0 Å². The number of benzene rings is 1. The largest absolute Gasteiger partial charge is 0.478 e. The van der Waals surface area contributed by atoms with Crippen LogP contribution < -0.4 is 0 Å². The zero-order chi connectivity index (χ0) is 21.4. The molecule has 3 fully saturated rings. The normalized spacial score (nSPS) is 20.8. The summed E-state index contributed by atoms with van der Waals surface area (Å²) >= 11 is 0. The summed E-state index contributed by atoms with van der Waals surface area (Å²) < 4.78 is 0. The number of carboxylic acids is 3. The molecule has 3 aliphatic carbocycles. The number of hydrogen-bond acceptors (Lipinski definition) is 3. The van der Waals surface area contributed by atoms with Crippen LogP contribution in [0.2, 0.25) is 0 Å². The Labute approximate surface area is 176 Å². The fourth-order valence-electron chi connectivity index (χ4n) is 6.40. The van der Waals surface area contributed by atoms with E-state index >= 15 is 0 Å². The molecule has 0 saturated heterocycles. The summed E-state index contributed by atoms with van der Waals surface area (Å²) in [5.41, 5.74) is 1.23. The molecule has 1 aromatic rings. The summed E-state index contributed by atoms with van der Waals surface area (Å²) in [6.45, 7) is 0. The summed E-state index contributed by atoms with van der Waals surface area (Å²) in [5.74, 6) is -3.92. The van der Waals surface area contributed by atoms with Crippen molar-refractivity contribution in [2.24, 2.45) is 0 Å². The minimum Gasteiger partial charge on any atom is -0.478 e. The highest BCUT2D eigenvalue weighted by Crippen LogP contribution is 2.51. The van der Waals surface area contributed by atoms with Crippen LogP contribution in [0.25, 0.3) is 0 Å². The Morgan fingerprint density at radius 1 is 0.467 bits per heavy atom. The van der Waals surface area contributed by atoms with Crippen molar-refractivity contribution >= 4 is 17.9 Å². The molecule has 3 N–H and O–H groups in total. The van der Waals surface area contributed by atoms with Crippen molar-refractivity contribution in [3.8, 4) is 0 Å². The van der Waals surface area contributed by atoms with Gasteiger partial charge in [-0.2, -0.15) is 0 Å². The molecule has 0 atom stereocenters. The van der Waals surface area contributed by atoms with E-state index < -0.39 is 23.5 Å². The van der Waals surface area contributed by atoms with E-state index in [0.29, 0.717) is 11.1 Å². The van der Waals surface area contributed by atoms with Gasteiger partial charge in [0.05, 0.1) is 16.7 Å². The van der Waals surface area contributed by atoms with Crippen molar-refractivity contribution in [2.75, 3.05) is 0 Å². The van der Waals surface area contributed by atoms with Crippen LogP contribution in [-0.2, 0) is 0 Å². The Balaban J connectivity index is 2.14. The second kappa shape index (κ2) is 8.40. The van der Waals surface area contributed by atoms with E-state index in [1.807, 2.05) is 0 Å². The molecule has 4 rings (SSSR count). The van der Waals surface area contributed by atoms with Crippen LogP contribution in [0.4, 0.5) is 0 Å². The first-order valence-electron chi connectivity index (χ1n) is 11.3. The van der Waals surface area contributed by atoms with Crippen molar-refractivity contribution in [3.63, 3.8) is 0 Å². The SMILES string of the molecule is O=C(O)c1c(C(=O)O)c(C2CCCC2)c(C2CCCC2)c(C2CCCC2)c1C(=O)O. The highest BCUT2D eigenvalue weighted by atomic mass is 16.4. The van der Waals surface area contributed by atoms with Gasteiger partial charge in [0, 0.05) is 0 Å². The third-order valence-electron chi connectivity index (χ3n) is 7.55. The van der Waals surface area contributed by atoms with E-state index in [-0.39, 0.29) is 28.9 Å². The predicted octanol–water partition coefficient (Wildman–Crippen LogP) is 5.75. The molecule has 0 amide bonds. The molecule has 0 unspecified atom stereocenters. The topological polar surface area (TPSA) is 112 Å². The molecular weight excluding hydrogens is 384 g/mol. The van der Waals surface area contributed by atoms with Gasteiger partial charge in [0.2, 0.25) is 0 Å². The van der Waals surface area contributed by atoms with Crippen LogP contribution in [0.15, 0.2) is 0 Å². The van der Waals surface area contributed by atoms with Gasteiger partial charge in [0.1, 0.15) is 0 Å². The maximum Gasteiger partial charge on any atom is 0.337 e. The molecule has 0 bridgehead atoms. The van der Waals surface area contributed by atoms with E-state index in [9.17, 15) is 29.7 Å². The smallest absolute Gasteiger partial charge is 0.337 e. The third kappa shape index (κ3) is 3.50. The summed E-state index contributed by atoms with van der Waals surface area (Å²) in [7, 11) is 0. The lowest BCUT2D eigenvalue weighted by Gasteiger charge is -2.30. The van der Waals surface area contributed by atoms with Gasteiger partial charge in [0.25, 0.3) is 0 Å². The first kappa shape index (κ1) is 20.9. The number of carboxylic acid groups (broad SMARTS) is 3. The maximum atomic E-state index is 12.4. The quantitative estimate of drug-likeness (QED) is 0.546. The average Bonchev–Trinajstić information content (AvgIpc) is 3.48. The second-order valence-corrected chi connectivity index (χ2v) is 9.23. The first-order chi connectivity index (χ1) is 14.4. The molecule has 3 saturated carbocycles. The molecule has 0 aromatic heterocycles. The summed E-state index contributed by atoms with van der Waals surface area (Å²) in [6.07, 6.45) is 11.3. The summed E-state index contributed by atoms with van der Waals surface area (Å²) in [5, 5.41) is 30.3. The Morgan fingerprint density at radius 3 is 1.00 bits per heavy atom. The molecule has 6 nitrogen and oxygen atoms in total. The molecule has 0 heterocycles. The van der Waals surface area contributed by atoms with Crippen molar-refractivity contribution in [1.29, 1.82) is 0 Å². The summed E-state index contributed by atoms with van der Waals surface area (Å²) in [4.78, 5) is 37.1. The van der Waals surface area contributed by atoms with Crippen molar-refractivity contribution in [1.82, 2.24) is 0 Å². The summed E-state index contributed by atoms with van der Waals surface area (Å²) in [6, 6.07) is 0. The van der Waals surface area contributed by atoms with Crippen molar-refractivity contribution in [3.05, 3.63) is 33.4 Å². The highest BCUT2D eigenvalue weighted by Gasteiger charge is 2.41. The van der Waals surface area contributed by atoms with E-state index in [0.717, 1.165) is 82.6 Å². The molecule has 0 radical (unpaired) electrons. The lowest BCUT2D eigenvalue weighted by Crippen LogP contribution is -2.25. The van der Waals surface area contributed by atoms with Crippen LogP contribution in [-0.4, -0.2) is 33.2 Å². The number of aromatic carboxylic acids is 3. The second-order valence-electron chi connectivity index (χ2n) is 9.23. The molecule has 1 aromatic carbocycles. The minimum absolute atomic E-state index is 0.00722. The van der Waals surface area contributed by atoms with Crippen LogP contribution in [0.5, 0.6) is 0 Å². The number of hydrogen-bond donors (Lipinski definition) is 3. The zero-order valence-electron chi connectivity index (χ0n) is 17.3. The van der Waals surface area contributed by atoms with Gasteiger partial charge in [-0.05, 0) is 73.0 Å². The molecule has 6 heteroatoms. The molecular formula is C24H30O6. The van der Waals surface area contributed by atoms with Gasteiger partial charge in [-0.15, -0.1) is 0 Å². The van der Waals surface area contributed by atoms with Crippen molar-refractivity contribution in [2.45, 2.75) is 94.8 Å². The third-order valence-corrected chi connectivity index (χ3v) is 7.55. The first-order valence-corrected chi connectivity index (χ1v) is 11.3. The standard InChI is InChI=1S/C24H30O6/c25-22(26)19-17(14-9-3-4-10-14)16(13-7-1-2-8-13)18(15-11-5-6-12-15)20(23(27)28)21(19)24(29)30/h13-15H,1-12H2,(H,25,26)(H,27,28)(H,29,30). The van der Waals surface area contributed by atoms with Gasteiger partial charge < -0.3 is 15.3 Å². The molecule has 3 aliphatic rings. The van der Waals surface area contributed by atoms with Crippen LogP contribution in [0, 0.1) is 0 Å². The average molecular weight is 414 g/mol. The lowest BCUT2D eigenvalue weighted by atomic mass is 9.72. The van der Waals surface area contributed by atoms with E-state index in [1.54, 1.807) is 0 Å². The number of carbonyl (C=O) groups is 3. The van der Waals surface area contributed by atoms with Gasteiger partial charge in [-0.1, -0.05) is 38.5 Å². The molecule has 0 spiro atoms. The zero-order valence-corrected chi connectivity index (χ0v) is 17.3. The van der Waals surface area contributed by atoms with E-state index in [2.05, 4.69) is 0 Å². The van der Waals surface area contributed by atoms with E-state index in [4.69, 9.17) is 0 Å². The Hall–Kier alpha value is -2.37. The maximum absolute atomic E-state index is 12.4.